The number of ether oxygens (including phenoxy) is 1. The molecule has 1 unspecified atom stereocenters. The number of benzene rings is 1. The first-order valence-corrected chi connectivity index (χ1v) is 12.3. The number of nitrogens with one attached hydrogen (secondary N) is 2. The van der Waals surface area contributed by atoms with Crippen LogP contribution in [0.2, 0.25) is 0 Å². The Morgan fingerprint density at radius 3 is 2.62 bits per heavy atom. The van der Waals surface area contributed by atoms with E-state index in [0.29, 0.717) is 38.3 Å². The van der Waals surface area contributed by atoms with Gasteiger partial charge in [0.15, 0.2) is 0 Å². The van der Waals surface area contributed by atoms with Gasteiger partial charge in [-0.1, -0.05) is 18.2 Å². The molecule has 0 saturated carbocycles. The fourth-order valence-electron chi connectivity index (χ4n) is 4.64. The minimum atomic E-state index is -0.941. The molecule has 3 N–H and O–H groups in total. The van der Waals surface area contributed by atoms with Crippen LogP contribution in [0.15, 0.2) is 36.4 Å². The van der Waals surface area contributed by atoms with Crippen molar-refractivity contribution in [3.05, 3.63) is 42.0 Å². The van der Waals surface area contributed by atoms with Crippen molar-refractivity contribution >= 4 is 17.8 Å². The lowest BCUT2D eigenvalue weighted by molar-refractivity contribution is -0.138. The highest BCUT2D eigenvalue weighted by Gasteiger charge is 2.29. The van der Waals surface area contributed by atoms with Gasteiger partial charge in [0.25, 0.3) is 0 Å². The predicted molar refractivity (Wildman–Crippen MR) is 130 cm³/mol. The molecule has 2 atom stereocenters. The van der Waals surface area contributed by atoms with Crippen LogP contribution in [0.5, 0.6) is 5.75 Å². The Kier molecular flexibility index (Phi) is 9.94. The molecule has 8 heteroatoms. The van der Waals surface area contributed by atoms with Crippen LogP contribution in [0.4, 0.5) is 0 Å². The van der Waals surface area contributed by atoms with Crippen molar-refractivity contribution in [1.29, 1.82) is 0 Å². The van der Waals surface area contributed by atoms with Crippen molar-refractivity contribution in [3.8, 4) is 5.75 Å². The van der Waals surface area contributed by atoms with Crippen LogP contribution >= 0.6 is 0 Å². The molecular weight excluding hydrogens is 434 g/mol. The summed E-state index contributed by atoms with van der Waals surface area (Å²) in [4.78, 5) is 38.8. The molecule has 186 valence electrons. The number of aliphatic carboxylic acids is 1. The van der Waals surface area contributed by atoms with Crippen LogP contribution in [0.3, 0.4) is 0 Å². The van der Waals surface area contributed by atoms with E-state index in [1.54, 1.807) is 18.1 Å². The quantitative estimate of drug-likeness (QED) is 0.452. The number of amides is 2. The molecule has 2 amide bonds. The molecule has 2 aliphatic rings. The van der Waals surface area contributed by atoms with Crippen molar-refractivity contribution < 1.29 is 24.2 Å². The molecule has 0 aromatic heterocycles. The fraction of sp³-hybridized carbons (Fsp3) is 0.577. The SMILES string of the molecule is COc1ccc(CCC(CC(=O)O)NC(=O)[C@@H]2CCCN(C(=O)/C=C/C3CCNCC3)C2)cc1. The smallest absolute Gasteiger partial charge is 0.305 e. The molecule has 2 aliphatic heterocycles. The number of hydrogen-bond donors (Lipinski definition) is 3. The number of methoxy groups -OCH3 is 1. The van der Waals surface area contributed by atoms with Gasteiger partial charge in [-0.15, -0.1) is 0 Å². The summed E-state index contributed by atoms with van der Waals surface area (Å²) in [5, 5.41) is 15.6. The molecular formula is C26H37N3O5. The zero-order valence-electron chi connectivity index (χ0n) is 20.0. The average molecular weight is 472 g/mol. The zero-order chi connectivity index (χ0) is 24.3. The maximum Gasteiger partial charge on any atom is 0.305 e. The number of carbonyl (C=O) groups is 3. The highest BCUT2D eigenvalue weighted by molar-refractivity contribution is 5.88. The first kappa shape index (κ1) is 25.7. The Morgan fingerprint density at radius 2 is 1.94 bits per heavy atom. The van der Waals surface area contributed by atoms with Crippen molar-refractivity contribution in [2.75, 3.05) is 33.3 Å². The van der Waals surface area contributed by atoms with Crippen molar-refractivity contribution in [3.63, 3.8) is 0 Å². The van der Waals surface area contributed by atoms with E-state index in [-0.39, 0.29) is 24.2 Å². The molecule has 8 nitrogen and oxygen atoms in total. The van der Waals surface area contributed by atoms with Crippen LogP contribution in [0, 0.1) is 11.8 Å². The zero-order valence-corrected chi connectivity index (χ0v) is 20.0. The maximum absolute atomic E-state index is 13.0. The Hall–Kier alpha value is -2.87. The van der Waals surface area contributed by atoms with Crippen molar-refractivity contribution in [2.24, 2.45) is 11.8 Å². The van der Waals surface area contributed by atoms with E-state index in [0.717, 1.165) is 43.7 Å². The molecule has 2 saturated heterocycles. The van der Waals surface area contributed by atoms with Crippen LogP contribution in [0.25, 0.3) is 0 Å². The third kappa shape index (κ3) is 8.17. The normalized spacial score (nSPS) is 20.1. The highest BCUT2D eigenvalue weighted by atomic mass is 16.5. The van der Waals surface area contributed by atoms with E-state index in [1.807, 2.05) is 30.3 Å². The monoisotopic (exact) mass is 471 g/mol. The van der Waals surface area contributed by atoms with E-state index < -0.39 is 12.0 Å². The number of carbonyl (C=O) groups excluding carboxylic acids is 2. The number of likely N-dealkylation sites (tertiary alicyclic amines) is 1. The number of piperidine rings is 2. The van der Waals surface area contributed by atoms with Gasteiger partial charge in [0.05, 0.1) is 19.4 Å². The largest absolute Gasteiger partial charge is 0.497 e. The number of hydrogen-bond acceptors (Lipinski definition) is 5. The maximum atomic E-state index is 13.0. The highest BCUT2D eigenvalue weighted by Crippen LogP contribution is 2.20. The summed E-state index contributed by atoms with van der Waals surface area (Å²) in [5.74, 6) is -0.276. The number of carboxylic acids is 1. The summed E-state index contributed by atoms with van der Waals surface area (Å²) in [6.45, 7) is 2.98. The lowest BCUT2D eigenvalue weighted by atomic mass is 9.95. The topological polar surface area (TPSA) is 108 Å². The first-order valence-electron chi connectivity index (χ1n) is 12.3. The van der Waals surface area contributed by atoms with E-state index >= 15 is 0 Å². The van der Waals surface area contributed by atoms with Gasteiger partial charge in [0.2, 0.25) is 11.8 Å². The number of rotatable bonds is 10. The summed E-state index contributed by atoms with van der Waals surface area (Å²) in [7, 11) is 1.61. The first-order chi connectivity index (χ1) is 16.4. The van der Waals surface area contributed by atoms with Gasteiger partial charge < -0.3 is 25.4 Å². The molecule has 0 spiro atoms. The standard InChI is InChI=1S/C26H37N3O5/c1-34-23-9-5-19(6-10-23)4-8-22(17-25(31)32)28-26(33)21-3-2-16-29(18-21)24(30)11-7-20-12-14-27-15-13-20/h5-7,9-11,20-22,27H,2-4,8,12-18H2,1H3,(H,28,33)(H,31,32)/b11-7+/t21-,22?/m1/s1. The lowest BCUT2D eigenvalue weighted by Crippen LogP contribution is -2.47. The second-order valence-electron chi connectivity index (χ2n) is 9.26. The van der Waals surface area contributed by atoms with Gasteiger partial charge in [-0.3, -0.25) is 14.4 Å². The van der Waals surface area contributed by atoms with Crippen LogP contribution in [-0.4, -0.2) is 67.1 Å². The van der Waals surface area contributed by atoms with E-state index in [9.17, 15) is 19.5 Å². The Morgan fingerprint density at radius 1 is 1.21 bits per heavy atom. The van der Waals surface area contributed by atoms with Gasteiger partial charge >= 0.3 is 5.97 Å². The third-order valence-electron chi connectivity index (χ3n) is 6.71. The average Bonchev–Trinajstić information content (AvgIpc) is 2.86. The third-order valence-corrected chi connectivity index (χ3v) is 6.71. The molecule has 34 heavy (non-hydrogen) atoms. The van der Waals surface area contributed by atoms with Crippen molar-refractivity contribution in [2.45, 2.75) is 51.0 Å². The summed E-state index contributed by atoms with van der Waals surface area (Å²) >= 11 is 0. The number of aryl methyl sites for hydroxylation is 1. The summed E-state index contributed by atoms with van der Waals surface area (Å²) in [6.07, 6.45) is 8.26. The van der Waals surface area contributed by atoms with Gasteiger partial charge in [-0.2, -0.15) is 0 Å². The second-order valence-corrected chi connectivity index (χ2v) is 9.26. The van der Waals surface area contributed by atoms with Crippen LogP contribution < -0.4 is 15.4 Å². The molecule has 0 bridgehead atoms. The lowest BCUT2D eigenvalue weighted by Gasteiger charge is -2.32. The van der Waals surface area contributed by atoms with Gasteiger partial charge in [0.1, 0.15) is 5.75 Å². The minimum absolute atomic E-state index is 0.0439. The van der Waals surface area contributed by atoms with Crippen LogP contribution in [0.1, 0.15) is 44.1 Å². The van der Waals surface area contributed by atoms with Crippen molar-refractivity contribution in [1.82, 2.24) is 15.5 Å². The molecule has 1 aromatic rings. The molecule has 3 rings (SSSR count). The molecule has 0 radical (unpaired) electrons. The van der Waals surface area contributed by atoms with Gasteiger partial charge in [-0.05, 0) is 81.3 Å². The van der Waals surface area contributed by atoms with Gasteiger partial charge in [0, 0.05) is 19.1 Å². The Bertz CT molecular complexity index is 848. The number of allylic oxidation sites excluding steroid dienone is 1. The summed E-state index contributed by atoms with van der Waals surface area (Å²) in [6, 6.07) is 7.17. The molecule has 2 heterocycles. The van der Waals surface area contributed by atoms with Gasteiger partial charge in [-0.25, -0.2) is 0 Å². The fourth-order valence-corrected chi connectivity index (χ4v) is 4.64. The van der Waals surface area contributed by atoms with Crippen LogP contribution in [-0.2, 0) is 20.8 Å². The Balaban J connectivity index is 1.52. The Labute approximate surface area is 201 Å². The van der Waals surface area contributed by atoms with E-state index in [2.05, 4.69) is 10.6 Å². The molecule has 1 aromatic carbocycles. The van der Waals surface area contributed by atoms with E-state index in [4.69, 9.17) is 4.74 Å². The molecule has 0 aliphatic carbocycles. The van der Waals surface area contributed by atoms with E-state index in [1.165, 1.54) is 0 Å². The summed E-state index contributed by atoms with van der Waals surface area (Å²) in [5.41, 5.74) is 1.06. The second kappa shape index (κ2) is 13.1. The minimum Gasteiger partial charge on any atom is -0.497 e. The predicted octanol–water partition coefficient (Wildman–Crippen LogP) is 2.38. The molecule has 2 fully saturated rings. The number of carboxylic acid groups (broad SMARTS) is 1. The summed E-state index contributed by atoms with van der Waals surface area (Å²) < 4.78 is 5.17. The number of nitrogens with zero attached hydrogens (tertiary/aromatic N) is 1.